The van der Waals surface area contributed by atoms with Crippen molar-refractivity contribution in [3.8, 4) is 5.75 Å². The molecule has 108 valence electrons. The Labute approximate surface area is 120 Å². The van der Waals surface area contributed by atoms with E-state index in [9.17, 15) is 0 Å². The van der Waals surface area contributed by atoms with Gasteiger partial charge in [-0.25, -0.2) is 0 Å². The van der Waals surface area contributed by atoms with Crippen molar-refractivity contribution in [2.24, 2.45) is 5.73 Å². The van der Waals surface area contributed by atoms with Crippen LogP contribution in [0.3, 0.4) is 0 Å². The summed E-state index contributed by atoms with van der Waals surface area (Å²) < 4.78 is 7.88. The van der Waals surface area contributed by atoms with Gasteiger partial charge in [0.15, 0.2) is 0 Å². The van der Waals surface area contributed by atoms with Crippen LogP contribution in [0, 0.1) is 0 Å². The van der Waals surface area contributed by atoms with Gasteiger partial charge in [-0.05, 0) is 25.0 Å². The minimum atomic E-state index is 0.498. The standard InChI is InChI=1S/C16H23N3O/c1-3-14-11-15(4-2)19(18-14)9-10-20-16-8-6-5-7-13(16)12-17/h5-8,11H,3-4,9-10,12,17H2,1-2H3. The highest BCUT2D eigenvalue weighted by molar-refractivity contribution is 5.32. The van der Waals surface area contributed by atoms with Crippen LogP contribution < -0.4 is 10.5 Å². The van der Waals surface area contributed by atoms with Gasteiger partial charge in [0.2, 0.25) is 0 Å². The quantitative estimate of drug-likeness (QED) is 0.843. The zero-order valence-corrected chi connectivity index (χ0v) is 12.3. The summed E-state index contributed by atoms with van der Waals surface area (Å²) in [6.45, 7) is 6.15. The number of aryl methyl sites for hydroxylation is 2. The number of nitrogens with zero attached hydrogens (tertiary/aromatic N) is 2. The fourth-order valence-corrected chi connectivity index (χ4v) is 2.22. The van der Waals surface area contributed by atoms with Crippen LogP contribution in [0.4, 0.5) is 0 Å². The third-order valence-corrected chi connectivity index (χ3v) is 3.39. The van der Waals surface area contributed by atoms with E-state index < -0.39 is 0 Å². The summed E-state index contributed by atoms with van der Waals surface area (Å²) in [5.74, 6) is 0.871. The van der Waals surface area contributed by atoms with Crippen molar-refractivity contribution in [3.05, 3.63) is 47.3 Å². The molecule has 0 amide bonds. The maximum Gasteiger partial charge on any atom is 0.123 e. The molecule has 0 fully saturated rings. The molecule has 1 aromatic carbocycles. The molecule has 0 aliphatic carbocycles. The maximum atomic E-state index is 5.83. The Bertz CT molecular complexity index is 548. The Hall–Kier alpha value is -1.81. The Balaban J connectivity index is 1.97. The van der Waals surface area contributed by atoms with Gasteiger partial charge in [-0.3, -0.25) is 4.68 Å². The molecule has 2 rings (SSSR count). The van der Waals surface area contributed by atoms with Crippen LogP contribution in [-0.4, -0.2) is 16.4 Å². The fraction of sp³-hybridized carbons (Fsp3) is 0.438. The maximum absolute atomic E-state index is 5.83. The van der Waals surface area contributed by atoms with Crippen LogP contribution in [0.5, 0.6) is 5.75 Å². The molecule has 0 radical (unpaired) electrons. The Kier molecular flexibility index (Phi) is 5.18. The number of hydrogen-bond acceptors (Lipinski definition) is 3. The lowest BCUT2D eigenvalue weighted by Gasteiger charge is -2.11. The van der Waals surface area contributed by atoms with Crippen molar-refractivity contribution in [2.45, 2.75) is 39.8 Å². The monoisotopic (exact) mass is 273 g/mol. The van der Waals surface area contributed by atoms with Gasteiger partial charge in [0, 0.05) is 17.8 Å². The molecule has 2 aromatic rings. The van der Waals surface area contributed by atoms with Crippen LogP contribution in [-0.2, 0) is 25.9 Å². The first kappa shape index (κ1) is 14.6. The lowest BCUT2D eigenvalue weighted by Crippen LogP contribution is -2.13. The van der Waals surface area contributed by atoms with Gasteiger partial charge < -0.3 is 10.5 Å². The molecular formula is C16H23N3O. The first-order valence-corrected chi connectivity index (χ1v) is 7.24. The third-order valence-electron chi connectivity index (χ3n) is 3.39. The summed E-state index contributed by atoms with van der Waals surface area (Å²) in [6, 6.07) is 10.1. The predicted octanol–water partition coefficient (Wildman–Crippen LogP) is 2.55. The predicted molar refractivity (Wildman–Crippen MR) is 80.8 cm³/mol. The zero-order valence-electron chi connectivity index (χ0n) is 12.3. The molecule has 0 unspecified atom stereocenters. The average Bonchev–Trinajstić information content (AvgIpc) is 2.90. The summed E-state index contributed by atoms with van der Waals surface area (Å²) in [5.41, 5.74) is 9.15. The largest absolute Gasteiger partial charge is 0.491 e. The molecule has 0 aliphatic heterocycles. The van der Waals surface area contributed by atoms with E-state index in [-0.39, 0.29) is 0 Å². The van der Waals surface area contributed by atoms with Crippen LogP contribution in [0.1, 0.15) is 30.8 Å². The van der Waals surface area contributed by atoms with E-state index >= 15 is 0 Å². The highest BCUT2D eigenvalue weighted by Crippen LogP contribution is 2.17. The van der Waals surface area contributed by atoms with Crippen LogP contribution in [0.15, 0.2) is 30.3 Å². The van der Waals surface area contributed by atoms with Crippen molar-refractivity contribution >= 4 is 0 Å². The average molecular weight is 273 g/mol. The highest BCUT2D eigenvalue weighted by Gasteiger charge is 2.06. The van der Waals surface area contributed by atoms with E-state index in [4.69, 9.17) is 10.5 Å². The summed E-state index contributed by atoms with van der Waals surface area (Å²) in [6.07, 6.45) is 1.96. The number of para-hydroxylation sites is 1. The zero-order chi connectivity index (χ0) is 14.4. The van der Waals surface area contributed by atoms with E-state index in [0.29, 0.717) is 13.2 Å². The molecule has 0 atom stereocenters. The lowest BCUT2D eigenvalue weighted by molar-refractivity contribution is 0.286. The summed E-state index contributed by atoms with van der Waals surface area (Å²) >= 11 is 0. The molecule has 0 bridgehead atoms. The van der Waals surface area contributed by atoms with Gasteiger partial charge in [-0.1, -0.05) is 32.0 Å². The van der Waals surface area contributed by atoms with Crippen LogP contribution in [0.25, 0.3) is 0 Å². The minimum Gasteiger partial charge on any atom is -0.491 e. The highest BCUT2D eigenvalue weighted by atomic mass is 16.5. The van der Waals surface area contributed by atoms with Gasteiger partial charge in [0.05, 0.1) is 12.2 Å². The van der Waals surface area contributed by atoms with Gasteiger partial charge >= 0.3 is 0 Å². The Morgan fingerprint density at radius 3 is 2.70 bits per heavy atom. The van der Waals surface area contributed by atoms with E-state index in [1.165, 1.54) is 5.69 Å². The second kappa shape index (κ2) is 7.10. The van der Waals surface area contributed by atoms with E-state index in [1.54, 1.807) is 0 Å². The van der Waals surface area contributed by atoms with Gasteiger partial charge in [-0.15, -0.1) is 0 Å². The van der Waals surface area contributed by atoms with Crippen molar-refractivity contribution in [1.82, 2.24) is 9.78 Å². The molecule has 2 N–H and O–H groups in total. The molecule has 4 nitrogen and oxygen atoms in total. The van der Waals surface area contributed by atoms with Crippen molar-refractivity contribution < 1.29 is 4.74 Å². The molecule has 0 saturated heterocycles. The number of hydrogen-bond donors (Lipinski definition) is 1. The fourth-order valence-electron chi connectivity index (χ4n) is 2.22. The number of nitrogens with two attached hydrogens (primary N) is 1. The normalized spacial score (nSPS) is 10.8. The summed E-state index contributed by atoms with van der Waals surface area (Å²) in [5, 5.41) is 4.59. The number of aromatic nitrogens is 2. The molecule has 0 spiro atoms. The molecule has 0 aliphatic rings. The van der Waals surface area contributed by atoms with Gasteiger partial charge in [0.1, 0.15) is 12.4 Å². The van der Waals surface area contributed by atoms with Crippen molar-refractivity contribution in [2.75, 3.05) is 6.61 Å². The van der Waals surface area contributed by atoms with E-state index in [2.05, 4.69) is 25.0 Å². The van der Waals surface area contributed by atoms with E-state index in [0.717, 1.165) is 36.4 Å². The molecule has 0 saturated carbocycles. The van der Waals surface area contributed by atoms with Crippen molar-refractivity contribution in [1.29, 1.82) is 0 Å². The topological polar surface area (TPSA) is 53.1 Å². The molecule has 20 heavy (non-hydrogen) atoms. The first-order valence-electron chi connectivity index (χ1n) is 7.24. The van der Waals surface area contributed by atoms with Crippen LogP contribution in [0.2, 0.25) is 0 Å². The van der Waals surface area contributed by atoms with Gasteiger partial charge in [-0.2, -0.15) is 5.10 Å². The summed E-state index contributed by atoms with van der Waals surface area (Å²) in [7, 11) is 0. The van der Waals surface area contributed by atoms with Gasteiger partial charge in [0.25, 0.3) is 0 Å². The van der Waals surface area contributed by atoms with E-state index in [1.807, 2.05) is 28.9 Å². The molecule has 1 aromatic heterocycles. The summed E-state index contributed by atoms with van der Waals surface area (Å²) in [4.78, 5) is 0. The lowest BCUT2D eigenvalue weighted by atomic mass is 10.2. The van der Waals surface area contributed by atoms with Crippen LogP contribution >= 0.6 is 0 Å². The smallest absolute Gasteiger partial charge is 0.123 e. The number of benzene rings is 1. The van der Waals surface area contributed by atoms with Crippen molar-refractivity contribution in [3.63, 3.8) is 0 Å². The molecular weight excluding hydrogens is 250 g/mol. The number of ether oxygens (including phenoxy) is 1. The second-order valence-electron chi connectivity index (χ2n) is 4.72. The SMILES string of the molecule is CCc1cc(CC)n(CCOc2ccccc2CN)n1. The molecule has 1 heterocycles. The minimum absolute atomic E-state index is 0.498. The molecule has 4 heteroatoms. The number of rotatable bonds is 7. The second-order valence-corrected chi connectivity index (χ2v) is 4.72. The Morgan fingerprint density at radius 1 is 1.20 bits per heavy atom. The Morgan fingerprint density at radius 2 is 2.00 bits per heavy atom. The third kappa shape index (κ3) is 3.39. The first-order chi connectivity index (χ1) is 9.78.